The minimum absolute atomic E-state index is 0.0927. The number of hydrogen-bond acceptors (Lipinski definition) is 5. The Bertz CT molecular complexity index is 1300. The van der Waals surface area contributed by atoms with Gasteiger partial charge in [-0.15, -0.1) is 0 Å². The van der Waals surface area contributed by atoms with Crippen LogP contribution in [0.1, 0.15) is 52.5 Å². The summed E-state index contributed by atoms with van der Waals surface area (Å²) in [7, 11) is -3.92. The minimum atomic E-state index is -3.75. The van der Waals surface area contributed by atoms with Crippen LogP contribution in [0.15, 0.2) is 47.6 Å². The second-order valence-electron chi connectivity index (χ2n) is 11.0. The SMILES string of the molecule is COc1nccc2c1c(-c1ccc(S(N)(=O)=O)cc1)cn2[C@H]1CC[C@@H](O[Si](C)(C)C(C)(C)C)CC1. The van der Waals surface area contributed by atoms with Crippen molar-refractivity contribution < 1.29 is 17.6 Å². The van der Waals surface area contributed by atoms with Gasteiger partial charge in [0.2, 0.25) is 15.9 Å². The minimum Gasteiger partial charge on any atom is -0.480 e. The summed E-state index contributed by atoms with van der Waals surface area (Å²) in [6, 6.07) is 9.03. The van der Waals surface area contributed by atoms with Crippen LogP contribution in [0.4, 0.5) is 0 Å². The van der Waals surface area contributed by atoms with E-state index in [4.69, 9.17) is 14.3 Å². The second-order valence-corrected chi connectivity index (χ2v) is 17.4. The van der Waals surface area contributed by atoms with E-state index in [2.05, 4.69) is 49.6 Å². The van der Waals surface area contributed by atoms with Crippen molar-refractivity contribution >= 4 is 29.2 Å². The van der Waals surface area contributed by atoms with E-state index in [0.717, 1.165) is 47.7 Å². The Hall–Kier alpha value is -2.20. The highest BCUT2D eigenvalue weighted by Crippen LogP contribution is 2.43. The summed E-state index contributed by atoms with van der Waals surface area (Å²) >= 11 is 0. The molecule has 1 aromatic carbocycles. The Morgan fingerprint density at radius 3 is 2.23 bits per heavy atom. The number of primary sulfonamides is 1. The predicted molar refractivity (Wildman–Crippen MR) is 143 cm³/mol. The largest absolute Gasteiger partial charge is 0.480 e. The molecule has 0 bridgehead atoms. The van der Waals surface area contributed by atoms with Gasteiger partial charge < -0.3 is 13.7 Å². The molecule has 1 saturated carbocycles. The van der Waals surface area contributed by atoms with Crippen LogP contribution in [0.3, 0.4) is 0 Å². The number of fused-ring (bicyclic) bond motifs is 1. The summed E-state index contributed by atoms with van der Waals surface area (Å²) in [5.41, 5.74) is 2.92. The topological polar surface area (TPSA) is 96.4 Å². The molecule has 2 N–H and O–H groups in total. The molecule has 4 rings (SSSR count). The maximum absolute atomic E-state index is 11.7. The number of ether oxygens (including phenoxy) is 1. The third-order valence-corrected chi connectivity index (χ3v) is 13.2. The van der Waals surface area contributed by atoms with E-state index in [-0.39, 0.29) is 9.93 Å². The molecule has 0 spiro atoms. The fourth-order valence-corrected chi connectivity index (χ4v) is 6.65. The van der Waals surface area contributed by atoms with Gasteiger partial charge in [-0.25, -0.2) is 18.5 Å². The average Bonchev–Trinajstić information content (AvgIpc) is 3.18. The molecule has 190 valence electrons. The van der Waals surface area contributed by atoms with Crippen molar-refractivity contribution in [3.63, 3.8) is 0 Å². The Labute approximate surface area is 209 Å². The number of pyridine rings is 1. The molecule has 1 aliphatic rings. The summed E-state index contributed by atoms with van der Waals surface area (Å²) in [5.74, 6) is 0.557. The third-order valence-electron chi connectivity index (χ3n) is 7.70. The van der Waals surface area contributed by atoms with Gasteiger partial charge in [0.05, 0.1) is 22.9 Å². The highest BCUT2D eigenvalue weighted by molar-refractivity contribution is 7.89. The molecular weight excluding hydrogens is 478 g/mol. The molecule has 7 nitrogen and oxygen atoms in total. The van der Waals surface area contributed by atoms with Crippen LogP contribution in [-0.2, 0) is 14.4 Å². The number of aromatic nitrogens is 2. The van der Waals surface area contributed by atoms with Gasteiger partial charge in [0.1, 0.15) is 0 Å². The van der Waals surface area contributed by atoms with Crippen molar-refractivity contribution in [3.8, 4) is 17.0 Å². The smallest absolute Gasteiger partial charge is 0.238 e. The molecule has 35 heavy (non-hydrogen) atoms. The van der Waals surface area contributed by atoms with E-state index >= 15 is 0 Å². The molecule has 2 aromatic heterocycles. The number of rotatable bonds is 6. The lowest BCUT2D eigenvalue weighted by atomic mass is 9.93. The number of nitrogens with zero attached hydrogens (tertiary/aromatic N) is 2. The molecule has 2 heterocycles. The predicted octanol–water partition coefficient (Wildman–Crippen LogP) is 5.86. The molecular formula is C26H37N3O4SSi. The van der Waals surface area contributed by atoms with Gasteiger partial charge in [-0.2, -0.15) is 0 Å². The summed E-state index contributed by atoms with van der Waals surface area (Å²) < 4.78 is 38.1. The molecule has 9 heteroatoms. The average molecular weight is 516 g/mol. The summed E-state index contributed by atoms with van der Waals surface area (Å²) in [6.45, 7) is 11.5. The van der Waals surface area contributed by atoms with Gasteiger partial charge in [-0.3, -0.25) is 0 Å². The van der Waals surface area contributed by atoms with Gasteiger partial charge >= 0.3 is 0 Å². The van der Waals surface area contributed by atoms with Crippen molar-refractivity contribution in [1.29, 1.82) is 0 Å². The molecule has 1 fully saturated rings. The van der Waals surface area contributed by atoms with E-state index in [0.29, 0.717) is 18.0 Å². The molecule has 0 radical (unpaired) electrons. The molecule has 3 aromatic rings. The summed E-state index contributed by atoms with van der Waals surface area (Å²) in [5, 5.41) is 6.42. The third kappa shape index (κ3) is 5.18. The first-order valence-corrected chi connectivity index (χ1v) is 16.6. The zero-order valence-corrected chi connectivity index (χ0v) is 23.4. The first kappa shape index (κ1) is 25.9. The van der Waals surface area contributed by atoms with Gasteiger partial charge in [0.25, 0.3) is 0 Å². The fourth-order valence-electron chi connectivity index (χ4n) is 4.71. The van der Waals surface area contributed by atoms with Crippen LogP contribution >= 0.6 is 0 Å². The van der Waals surface area contributed by atoms with Gasteiger partial charge in [0.15, 0.2) is 8.32 Å². The van der Waals surface area contributed by atoms with E-state index < -0.39 is 18.3 Å². The zero-order chi connectivity index (χ0) is 25.6. The molecule has 1 aliphatic carbocycles. The van der Waals surface area contributed by atoms with Crippen molar-refractivity contribution in [3.05, 3.63) is 42.7 Å². The standard InChI is InChI=1S/C26H37N3O4SSi/c1-26(2,3)35(5,6)33-20-11-9-19(10-12-20)29-17-22(24-23(29)15-16-28-25(24)32-4)18-7-13-21(14-8-18)34(27,30)31/h7-8,13-17,19-20H,9-12H2,1-6H3,(H2,27,30,31)/t19-,20+. The number of nitrogens with two attached hydrogens (primary N) is 1. The molecule has 0 aliphatic heterocycles. The van der Waals surface area contributed by atoms with Gasteiger partial charge in [-0.05, 0) is 67.6 Å². The zero-order valence-electron chi connectivity index (χ0n) is 21.5. The van der Waals surface area contributed by atoms with Crippen molar-refractivity contribution in [1.82, 2.24) is 9.55 Å². The lowest BCUT2D eigenvalue weighted by Gasteiger charge is -2.41. The normalized spacial score (nSPS) is 19.7. The van der Waals surface area contributed by atoms with Crippen LogP contribution < -0.4 is 9.88 Å². The maximum Gasteiger partial charge on any atom is 0.238 e. The monoisotopic (exact) mass is 515 g/mol. The van der Waals surface area contributed by atoms with E-state index in [1.807, 2.05) is 6.07 Å². The highest BCUT2D eigenvalue weighted by atomic mass is 32.2. The van der Waals surface area contributed by atoms with Crippen molar-refractivity contribution in [2.75, 3.05) is 7.11 Å². The van der Waals surface area contributed by atoms with E-state index in [9.17, 15) is 8.42 Å². The van der Waals surface area contributed by atoms with Gasteiger partial charge in [-0.1, -0.05) is 32.9 Å². The molecule has 0 saturated heterocycles. The van der Waals surface area contributed by atoms with Crippen LogP contribution in [-0.4, -0.2) is 39.5 Å². The van der Waals surface area contributed by atoms with E-state index in [1.165, 1.54) is 0 Å². The Morgan fingerprint density at radius 2 is 1.69 bits per heavy atom. The summed E-state index contributed by atoms with van der Waals surface area (Å²) in [4.78, 5) is 4.53. The second kappa shape index (κ2) is 9.35. The lowest BCUT2D eigenvalue weighted by molar-refractivity contribution is 0.119. The van der Waals surface area contributed by atoms with E-state index in [1.54, 1.807) is 37.6 Å². The van der Waals surface area contributed by atoms with Crippen LogP contribution in [0.25, 0.3) is 22.0 Å². The molecule has 0 unspecified atom stereocenters. The van der Waals surface area contributed by atoms with Crippen LogP contribution in [0.5, 0.6) is 5.88 Å². The molecule has 0 atom stereocenters. The number of hydrogen-bond donors (Lipinski definition) is 1. The van der Waals surface area contributed by atoms with Crippen molar-refractivity contribution in [2.24, 2.45) is 5.14 Å². The summed E-state index contributed by atoms with van der Waals surface area (Å²) in [6.07, 6.45) is 8.40. The first-order valence-electron chi connectivity index (χ1n) is 12.2. The Morgan fingerprint density at radius 1 is 1.06 bits per heavy atom. The first-order chi connectivity index (χ1) is 16.3. The van der Waals surface area contributed by atoms with Gasteiger partial charge in [0, 0.05) is 30.1 Å². The quantitative estimate of drug-likeness (QED) is 0.415. The number of benzene rings is 1. The highest BCUT2D eigenvalue weighted by Gasteiger charge is 2.40. The number of methoxy groups -OCH3 is 1. The fraction of sp³-hybridized carbons (Fsp3) is 0.500. The molecule has 0 amide bonds. The van der Waals surface area contributed by atoms with Crippen molar-refractivity contribution in [2.45, 2.75) is 81.6 Å². The Balaban J connectivity index is 1.65. The Kier molecular flexibility index (Phi) is 6.91. The number of sulfonamides is 1. The van der Waals surface area contributed by atoms with Crippen LogP contribution in [0, 0.1) is 0 Å². The van der Waals surface area contributed by atoms with Crippen LogP contribution in [0.2, 0.25) is 18.1 Å². The lowest BCUT2D eigenvalue weighted by Crippen LogP contribution is -2.44. The maximum atomic E-state index is 11.7.